The predicted molar refractivity (Wildman–Crippen MR) is 124 cm³/mol. The molecule has 5 rings (SSSR count). The minimum atomic E-state index is -5.08. The molecule has 1 aliphatic rings. The molecule has 0 aliphatic carbocycles. The first kappa shape index (κ1) is 25.7. The second kappa shape index (κ2) is 10.7. The van der Waals surface area contributed by atoms with E-state index in [9.17, 15) is 22.4 Å². The maximum absolute atomic E-state index is 13.6. The van der Waals surface area contributed by atoms with Crippen LogP contribution in [0.15, 0.2) is 67.0 Å². The lowest BCUT2D eigenvalue weighted by atomic mass is 9.97. The van der Waals surface area contributed by atoms with Gasteiger partial charge in [0.15, 0.2) is 11.5 Å². The molecule has 0 saturated carbocycles. The van der Waals surface area contributed by atoms with Crippen molar-refractivity contribution < 1.29 is 32.3 Å². The van der Waals surface area contributed by atoms with Crippen molar-refractivity contribution in [3.63, 3.8) is 0 Å². The zero-order valence-corrected chi connectivity index (χ0v) is 19.3. The van der Waals surface area contributed by atoms with Gasteiger partial charge in [-0.25, -0.2) is 18.7 Å². The number of alkyl halides is 3. The minimum Gasteiger partial charge on any atom is -0.475 e. The number of benzene rings is 1. The summed E-state index contributed by atoms with van der Waals surface area (Å²) in [5.74, 6) is -2.29. The Morgan fingerprint density at radius 2 is 1.81 bits per heavy atom. The molecule has 1 atom stereocenters. The molecule has 1 aliphatic heterocycles. The van der Waals surface area contributed by atoms with Gasteiger partial charge in [-0.2, -0.15) is 18.3 Å². The minimum absolute atomic E-state index is 0.0579. The van der Waals surface area contributed by atoms with E-state index in [0.29, 0.717) is 18.8 Å². The SMILES string of the molecule is O=C(O)C(F)(F)F.O=C(c1ccccn1)N1CCCC(c2nc3ccc(-c4cccc(F)c4)cn3n2)C1. The molecule has 1 aromatic carbocycles. The summed E-state index contributed by atoms with van der Waals surface area (Å²) in [6.45, 7) is 1.28. The van der Waals surface area contributed by atoms with Crippen LogP contribution < -0.4 is 0 Å². The molecule has 0 bridgehead atoms. The van der Waals surface area contributed by atoms with Gasteiger partial charge in [0.25, 0.3) is 5.91 Å². The van der Waals surface area contributed by atoms with Crippen molar-refractivity contribution in [2.75, 3.05) is 13.1 Å². The van der Waals surface area contributed by atoms with Crippen LogP contribution in [-0.4, -0.2) is 60.7 Å². The Balaban J connectivity index is 0.000000405. The Labute approximate surface area is 208 Å². The molecule has 1 saturated heterocycles. The fraction of sp³-hybridized carbons (Fsp3) is 0.240. The largest absolute Gasteiger partial charge is 0.490 e. The number of carbonyl (C=O) groups excluding carboxylic acids is 1. The van der Waals surface area contributed by atoms with Crippen LogP contribution in [0.4, 0.5) is 17.6 Å². The molecule has 1 amide bonds. The molecule has 192 valence electrons. The summed E-state index contributed by atoms with van der Waals surface area (Å²) in [5, 5.41) is 11.8. The van der Waals surface area contributed by atoms with Crippen LogP contribution in [-0.2, 0) is 4.79 Å². The number of carboxylic acid groups (broad SMARTS) is 1. The van der Waals surface area contributed by atoms with Gasteiger partial charge in [0.1, 0.15) is 11.5 Å². The second-order valence-electron chi connectivity index (χ2n) is 8.31. The van der Waals surface area contributed by atoms with Crippen molar-refractivity contribution in [2.45, 2.75) is 24.9 Å². The second-order valence-corrected chi connectivity index (χ2v) is 8.31. The first-order valence-corrected chi connectivity index (χ1v) is 11.2. The third-order valence-corrected chi connectivity index (χ3v) is 5.71. The Morgan fingerprint density at radius 1 is 1.03 bits per heavy atom. The highest BCUT2D eigenvalue weighted by Crippen LogP contribution is 2.27. The zero-order valence-electron chi connectivity index (χ0n) is 19.3. The summed E-state index contributed by atoms with van der Waals surface area (Å²) in [6.07, 6.45) is 0.238. The number of aliphatic carboxylic acids is 1. The van der Waals surface area contributed by atoms with Gasteiger partial charge in [-0.3, -0.25) is 9.78 Å². The monoisotopic (exact) mass is 515 g/mol. The third kappa shape index (κ3) is 6.26. The first-order valence-electron chi connectivity index (χ1n) is 11.2. The van der Waals surface area contributed by atoms with Crippen LogP contribution in [0, 0.1) is 5.82 Å². The van der Waals surface area contributed by atoms with E-state index >= 15 is 0 Å². The maximum atomic E-state index is 13.6. The van der Waals surface area contributed by atoms with E-state index in [2.05, 4.69) is 15.1 Å². The Bertz CT molecular complexity index is 1410. The van der Waals surface area contributed by atoms with E-state index in [0.717, 1.165) is 35.4 Å². The molecule has 4 heterocycles. The lowest BCUT2D eigenvalue weighted by molar-refractivity contribution is -0.192. The van der Waals surface area contributed by atoms with E-state index in [1.165, 1.54) is 12.1 Å². The van der Waals surface area contributed by atoms with Crippen LogP contribution in [0.25, 0.3) is 16.8 Å². The number of amides is 1. The van der Waals surface area contributed by atoms with Crippen LogP contribution in [0.1, 0.15) is 35.1 Å². The zero-order chi connectivity index (χ0) is 26.6. The van der Waals surface area contributed by atoms with Crippen molar-refractivity contribution in [3.8, 4) is 11.1 Å². The first-order chi connectivity index (χ1) is 17.6. The topological polar surface area (TPSA) is 101 Å². The van der Waals surface area contributed by atoms with Gasteiger partial charge in [0.2, 0.25) is 0 Å². The van der Waals surface area contributed by atoms with Gasteiger partial charge < -0.3 is 10.0 Å². The molecule has 1 unspecified atom stereocenters. The summed E-state index contributed by atoms with van der Waals surface area (Å²) in [5.41, 5.74) is 2.85. The van der Waals surface area contributed by atoms with Gasteiger partial charge >= 0.3 is 12.1 Å². The van der Waals surface area contributed by atoms with Crippen LogP contribution in [0.3, 0.4) is 0 Å². The number of hydrogen-bond acceptors (Lipinski definition) is 5. The van der Waals surface area contributed by atoms with Crippen molar-refractivity contribution >= 4 is 17.5 Å². The molecule has 8 nitrogen and oxygen atoms in total. The number of pyridine rings is 2. The predicted octanol–water partition coefficient (Wildman–Crippen LogP) is 4.58. The van der Waals surface area contributed by atoms with Gasteiger partial charge in [-0.1, -0.05) is 18.2 Å². The molecule has 12 heteroatoms. The summed E-state index contributed by atoms with van der Waals surface area (Å²) >= 11 is 0. The van der Waals surface area contributed by atoms with E-state index in [1.807, 2.05) is 35.4 Å². The fourth-order valence-electron chi connectivity index (χ4n) is 3.94. The smallest absolute Gasteiger partial charge is 0.475 e. The number of rotatable bonds is 3. The highest BCUT2D eigenvalue weighted by atomic mass is 19.4. The number of nitrogens with zero attached hydrogens (tertiary/aromatic N) is 5. The number of halogens is 4. The average molecular weight is 515 g/mol. The number of hydrogen-bond donors (Lipinski definition) is 1. The lowest BCUT2D eigenvalue weighted by Gasteiger charge is -2.31. The summed E-state index contributed by atoms with van der Waals surface area (Å²) in [6, 6.07) is 15.6. The number of carboxylic acids is 1. The van der Waals surface area contributed by atoms with Crippen LogP contribution in [0.5, 0.6) is 0 Å². The maximum Gasteiger partial charge on any atom is 0.490 e. The van der Waals surface area contributed by atoms with Gasteiger partial charge in [0, 0.05) is 37.0 Å². The summed E-state index contributed by atoms with van der Waals surface area (Å²) in [4.78, 5) is 32.4. The Hall–Kier alpha value is -4.35. The van der Waals surface area contributed by atoms with Crippen molar-refractivity contribution in [3.05, 3.63) is 84.3 Å². The molecule has 1 fully saturated rings. The molecule has 37 heavy (non-hydrogen) atoms. The average Bonchev–Trinajstić information content (AvgIpc) is 3.32. The molecule has 0 spiro atoms. The van der Waals surface area contributed by atoms with Crippen molar-refractivity contribution in [2.24, 2.45) is 0 Å². The van der Waals surface area contributed by atoms with Crippen molar-refractivity contribution in [1.29, 1.82) is 0 Å². The van der Waals surface area contributed by atoms with Crippen molar-refractivity contribution in [1.82, 2.24) is 24.5 Å². The Morgan fingerprint density at radius 3 is 2.49 bits per heavy atom. The molecule has 1 N–H and O–H groups in total. The van der Waals surface area contributed by atoms with Crippen LogP contribution in [0.2, 0.25) is 0 Å². The van der Waals surface area contributed by atoms with Gasteiger partial charge in [-0.05, 0) is 54.8 Å². The van der Waals surface area contributed by atoms with E-state index in [-0.39, 0.29) is 17.6 Å². The molecule has 3 aromatic heterocycles. The lowest BCUT2D eigenvalue weighted by Crippen LogP contribution is -2.39. The van der Waals surface area contributed by atoms with E-state index < -0.39 is 12.1 Å². The number of piperidine rings is 1. The summed E-state index contributed by atoms with van der Waals surface area (Å²) < 4.78 is 47.0. The highest BCUT2D eigenvalue weighted by molar-refractivity contribution is 5.92. The number of likely N-dealkylation sites (tertiary alicyclic amines) is 1. The third-order valence-electron chi connectivity index (χ3n) is 5.71. The number of fused-ring (bicyclic) bond motifs is 1. The molecular formula is C25H21F4N5O3. The number of aromatic nitrogens is 4. The van der Waals surface area contributed by atoms with E-state index in [1.54, 1.807) is 28.9 Å². The quantitative estimate of drug-likeness (QED) is 0.401. The molecule has 0 radical (unpaired) electrons. The normalized spacial score (nSPS) is 15.7. The summed E-state index contributed by atoms with van der Waals surface area (Å²) in [7, 11) is 0. The van der Waals surface area contributed by atoms with Gasteiger partial charge in [0.05, 0.1) is 0 Å². The van der Waals surface area contributed by atoms with Gasteiger partial charge in [-0.15, -0.1) is 0 Å². The fourth-order valence-corrected chi connectivity index (χ4v) is 3.94. The Kier molecular flexibility index (Phi) is 7.46. The standard InChI is InChI=1S/C23H20FN5O.C2HF3O2/c24-19-7-3-5-16(13-19)17-9-10-21-26-22(27-29(21)15-17)18-6-4-12-28(14-18)23(30)20-8-1-2-11-25-20;3-2(4,5)1(6)7/h1-3,5,7-11,13,15,18H,4,6,12,14H2;(H,6,7). The molecular weight excluding hydrogens is 494 g/mol. The van der Waals surface area contributed by atoms with Crippen LogP contribution >= 0.6 is 0 Å². The highest BCUT2D eigenvalue weighted by Gasteiger charge is 2.38. The van der Waals surface area contributed by atoms with E-state index in [4.69, 9.17) is 9.90 Å². The molecule has 4 aromatic rings. The number of carbonyl (C=O) groups is 2.